The number of aryl methyl sites for hydroxylation is 1. The maximum Gasteiger partial charge on any atom is 0.253 e. The summed E-state index contributed by atoms with van der Waals surface area (Å²) in [6, 6.07) is 0. The Balaban J connectivity index is 1.91. The molecule has 1 atom stereocenters. The lowest BCUT2D eigenvalue weighted by molar-refractivity contribution is -0.155. The Morgan fingerprint density at radius 2 is 2.39 bits per heavy atom. The van der Waals surface area contributed by atoms with Crippen molar-refractivity contribution in [1.29, 1.82) is 0 Å². The fraction of sp³-hybridized carbons (Fsp3) is 0.727. The summed E-state index contributed by atoms with van der Waals surface area (Å²) in [5, 5.41) is 6.49. The molecule has 1 N–H and O–H groups in total. The smallest absolute Gasteiger partial charge is 0.253 e. The number of amides is 1. The second-order valence-corrected chi connectivity index (χ2v) is 4.73. The monoisotopic (exact) mass is 254 g/mol. The first-order chi connectivity index (χ1) is 8.49. The molecule has 0 saturated carbocycles. The van der Waals surface area contributed by atoms with Gasteiger partial charge in [-0.25, -0.2) is 0 Å². The number of hydrogen-bond donors (Lipinski definition) is 1. The van der Waals surface area contributed by atoms with Gasteiger partial charge < -0.3 is 19.5 Å². The molecule has 1 aromatic heterocycles. The van der Waals surface area contributed by atoms with Crippen LogP contribution < -0.4 is 5.32 Å². The van der Waals surface area contributed by atoms with Crippen LogP contribution >= 0.6 is 0 Å². The summed E-state index contributed by atoms with van der Waals surface area (Å²) < 4.78 is 10.4. The molecule has 1 saturated heterocycles. The summed E-state index contributed by atoms with van der Waals surface area (Å²) >= 11 is 0. The molecule has 1 aliphatic heterocycles. The Bertz CT molecular complexity index is 434. The Kier molecular flexibility index (Phi) is 3.63. The molecular weight excluding hydrogens is 236 g/mol. The van der Waals surface area contributed by atoms with Crippen LogP contribution in [-0.4, -0.2) is 53.3 Å². The standard InChI is InChI=1S/C11H18N4O3/c1-8-13-9(14-18-8)6-12-10(16)11(2)7-15(3)4-5-17-11/h4-7H2,1-3H3,(H,12,16)/t11-/m0/s1. The molecule has 18 heavy (non-hydrogen) atoms. The molecule has 1 fully saturated rings. The molecular formula is C11H18N4O3. The van der Waals surface area contributed by atoms with Gasteiger partial charge in [-0.05, 0) is 14.0 Å². The van der Waals surface area contributed by atoms with Crippen molar-refractivity contribution < 1.29 is 14.1 Å². The highest BCUT2D eigenvalue weighted by atomic mass is 16.5. The number of nitrogens with one attached hydrogen (secondary N) is 1. The number of likely N-dealkylation sites (N-methyl/N-ethyl adjacent to an activating group) is 1. The lowest BCUT2D eigenvalue weighted by Crippen LogP contribution is -2.57. The molecule has 0 radical (unpaired) electrons. The average molecular weight is 254 g/mol. The molecule has 100 valence electrons. The molecule has 7 heteroatoms. The number of hydrogen-bond acceptors (Lipinski definition) is 6. The van der Waals surface area contributed by atoms with Crippen LogP contribution in [0.5, 0.6) is 0 Å². The first kappa shape index (κ1) is 13.0. The third kappa shape index (κ3) is 2.85. The fourth-order valence-corrected chi connectivity index (χ4v) is 1.96. The van der Waals surface area contributed by atoms with Crippen LogP contribution in [0, 0.1) is 6.92 Å². The van der Waals surface area contributed by atoms with E-state index in [1.165, 1.54) is 0 Å². The quantitative estimate of drug-likeness (QED) is 0.798. The minimum Gasteiger partial charge on any atom is -0.363 e. The van der Waals surface area contributed by atoms with Crippen molar-refractivity contribution in [1.82, 2.24) is 20.4 Å². The molecule has 0 aliphatic carbocycles. The zero-order valence-electron chi connectivity index (χ0n) is 10.9. The van der Waals surface area contributed by atoms with Crippen LogP contribution in [0.1, 0.15) is 18.6 Å². The van der Waals surface area contributed by atoms with E-state index in [0.717, 1.165) is 6.54 Å². The number of morpholine rings is 1. The lowest BCUT2D eigenvalue weighted by atomic mass is 10.0. The molecule has 2 rings (SSSR count). The largest absolute Gasteiger partial charge is 0.363 e. The van der Waals surface area contributed by atoms with Crippen molar-refractivity contribution in [2.75, 3.05) is 26.7 Å². The normalized spacial score (nSPS) is 25.1. The second kappa shape index (κ2) is 5.03. The summed E-state index contributed by atoms with van der Waals surface area (Å²) in [5.41, 5.74) is -0.814. The Morgan fingerprint density at radius 1 is 1.61 bits per heavy atom. The van der Waals surface area contributed by atoms with Crippen LogP contribution in [0.3, 0.4) is 0 Å². The molecule has 0 spiro atoms. The van der Waals surface area contributed by atoms with Gasteiger partial charge in [0.1, 0.15) is 0 Å². The maximum atomic E-state index is 12.1. The van der Waals surface area contributed by atoms with E-state index in [4.69, 9.17) is 9.26 Å². The molecule has 0 bridgehead atoms. The summed E-state index contributed by atoms with van der Waals surface area (Å²) in [4.78, 5) is 18.2. The number of nitrogens with zero attached hydrogens (tertiary/aromatic N) is 3. The fourth-order valence-electron chi connectivity index (χ4n) is 1.96. The van der Waals surface area contributed by atoms with Gasteiger partial charge in [-0.3, -0.25) is 4.79 Å². The van der Waals surface area contributed by atoms with Gasteiger partial charge in [-0.15, -0.1) is 0 Å². The van der Waals surface area contributed by atoms with E-state index in [1.807, 2.05) is 7.05 Å². The van der Waals surface area contributed by atoms with Gasteiger partial charge in [0.25, 0.3) is 5.91 Å². The van der Waals surface area contributed by atoms with E-state index in [2.05, 4.69) is 20.4 Å². The van der Waals surface area contributed by atoms with E-state index in [1.54, 1.807) is 13.8 Å². The first-order valence-electron chi connectivity index (χ1n) is 5.89. The summed E-state index contributed by atoms with van der Waals surface area (Å²) in [7, 11) is 1.97. The Morgan fingerprint density at radius 3 is 3.00 bits per heavy atom. The Labute approximate surface area is 105 Å². The van der Waals surface area contributed by atoms with Crippen molar-refractivity contribution in [3.8, 4) is 0 Å². The van der Waals surface area contributed by atoms with Gasteiger partial charge >= 0.3 is 0 Å². The molecule has 0 aromatic carbocycles. The van der Waals surface area contributed by atoms with E-state index in [-0.39, 0.29) is 12.5 Å². The zero-order chi connectivity index (χ0) is 13.2. The van der Waals surface area contributed by atoms with Gasteiger partial charge in [-0.1, -0.05) is 5.16 Å². The van der Waals surface area contributed by atoms with E-state index in [9.17, 15) is 4.79 Å². The predicted molar refractivity (Wildman–Crippen MR) is 62.7 cm³/mol. The molecule has 1 amide bonds. The summed E-state index contributed by atoms with van der Waals surface area (Å²) in [5.74, 6) is 0.796. The maximum absolute atomic E-state index is 12.1. The molecule has 2 heterocycles. The minimum atomic E-state index is -0.814. The van der Waals surface area contributed by atoms with Gasteiger partial charge in [-0.2, -0.15) is 4.98 Å². The van der Waals surface area contributed by atoms with Crippen LogP contribution in [0.15, 0.2) is 4.52 Å². The highest BCUT2D eigenvalue weighted by Crippen LogP contribution is 2.16. The van der Waals surface area contributed by atoms with Crippen LogP contribution in [0.2, 0.25) is 0 Å². The zero-order valence-corrected chi connectivity index (χ0v) is 10.9. The van der Waals surface area contributed by atoms with Gasteiger partial charge in [0.15, 0.2) is 11.4 Å². The number of carbonyl (C=O) groups excluding carboxylic acids is 1. The number of carbonyl (C=O) groups is 1. The van der Waals surface area contributed by atoms with E-state index >= 15 is 0 Å². The average Bonchev–Trinajstić information content (AvgIpc) is 2.71. The topological polar surface area (TPSA) is 80.5 Å². The Hall–Kier alpha value is -1.47. The van der Waals surface area contributed by atoms with Crippen LogP contribution in [-0.2, 0) is 16.1 Å². The van der Waals surface area contributed by atoms with Crippen LogP contribution in [0.4, 0.5) is 0 Å². The molecule has 1 aliphatic rings. The summed E-state index contributed by atoms with van der Waals surface area (Å²) in [6.07, 6.45) is 0. The van der Waals surface area contributed by atoms with Crippen molar-refractivity contribution in [3.63, 3.8) is 0 Å². The lowest BCUT2D eigenvalue weighted by Gasteiger charge is -2.37. The van der Waals surface area contributed by atoms with Gasteiger partial charge in [0.2, 0.25) is 5.89 Å². The first-order valence-corrected chi connectivity index (χ1v) is 5.89. The molecule has 7 nitrogen and oxygen atoms in total. The second-order valence-electron chi connectivity index (χ2n) is 4.73. The third-order valence-corrected chi connectivity index (χ3v) is 2.92. The highest BCUT2D eigenvalue weighted by molar-refractivity contribution is 5.85. The van der Waals surface area contributed by atoms with E-state index in [0.29, 0.717) is 24.9 Å². The van der Waals surface area contributed by atoms with E-state index < -0.39 is 5.60 Å². The van der Waals surface area contributed by atoms with Crippen molar-refractivity contribution >= 4 is 5.91 Å². The number of rotatable bonds is 3. The van der Waals surface area contributed by atoms with Crippen LogP contribution in [0.25, 0.3) is 0 Å². The SMILES string of the molecule is Cc1nc(CNC(=O)[C@]2(C)CN(C)CCO2)no1. The van der Waals surface area contributed by atoms with Gasteiger partial charge in [0.05, 0.1) is 13.2 Å². The molecule has 1 aromatic rings. The van der Waals surface area contributed by atoms with Gasteiger partial charge in [0, 0.05) is 20.0 Å². The predicted octanol–water partition coefficient (Wildman–Crippen LogP) is -0.285. The van der Waals surface area contributed by atoms with Crippen molar-refractivity contribution in [2.45, 2.75) is 26.0 Å². The van der Waals surface area contributed by atoms with Crippen molar-refractivity contribution in [3.05, 3.63) is 11.7 Å². The summed E-state index contributed by atoms with van der Waals surface area (Å²) in [6.45, 7) is 5.72. The highest BCUT2D eigenvalue weighted by Gasteiger charge is 2.38. The van der Waals surface area contributed by atoms with Crippen molar-refractivity contribution in [2.24, 2.45) is 0 Å². The third-order valence-electron chi connectivity index (χ3n) is 2.92. The minimum absolute atomic E-state index is 0.156. The molecule has 0 unspecified atom stereocenters. The number of aromatic nitrogens is 2. The number of ether oxygens (including phenoxy) is 1.